The lowest BCUT2D eigenvalue weighted by Gasteiger charge is -2.30. The number of hydrogen-bond acceptors (Lipinski definition) is 4. The van der Waals surface area contributed by atoms with Gasteiger partial charge >= 0.3 is 12.2 Å². The fourth-order valence-electron chi connectivity index (χ4n) is 3.21. The van der Waals surface area contributed by atoms with Crippen molar-refractivity contribution in [2.24, 2.45) is 9.50 Å². The lowest BCUT2D eigenvalue weighted by molar-refractivity contribution is -0.159. The fourth-order valence-corrected chi connectivity index (χ4v) is 4.70. The van der Waals surface area contributed by atoms with Crippen molar-refractivity contribution in [2.75, 3.05) is 6.54 Å². The highest BCUT2D eigenvalue weighted by molar-refractivity contribution is 7.99. The number of benzene rings is 2. The zero-order valence-corrected chi connectivity index (χ0v) is 19.4. The molecule has 2 N–H and O–H groups in total. The lowest BCUT2D eigenvalue weighted by atomic mass is 9.89. The zero-order valence-electron chi connectivity index (χ0n) is 17.1. The minimum absolute atomic E-state index is 0.0387. The number of hydrazone groups is 1. The average Bonchev–Trinajstić information content (AvgIpc) is 3.15. The number of hydrogen-bond donors (Lipinski definition) is 2. The third-order valence-electron chi connectivity index (χ3n) is 4.82. The molecule has 0 saturated heterocycles. The van der Waals surface area contributed by atoms with E-state index in [4.69, 9.17) is 23.2 Å². The standard InChI is InChI=1S/C21H19Cl2F3N4OS/c1-3-27-19(31)29-28-11-14-5-4-13(6-12(14)2)18-10-20(32-30-18,21(24,25)26)15-7-16(22)9-17(23)8-15/h4-9,11H,3,10H2,1-2H3,(H2,27,29,31)/b28-11+. The van der Waals surface area contributed by atoms with Gasteiger partial charge in [-0.1, -0.05) is 35.3 Å². The minimum atomic E-state index is -4.58. The summed E-state index contributed by atoms with van der Waals surface area (Å²) in [6.07, 6.45) is -3.47. The third kappa shape index (κ3) is 5.22. The summed E-state index contributed by atoms with van der Waals surface area (Å²) < 4.78 is 44.5. The van der Waals surface area contributed by atoms with E-state index in [1.54, 1.807) is 32.0 Å². The number of carbonyl (C=O) groups excluding carboxylic acids is 1. The first-order valence-corrected chi connectivity index (χ1v) is 11.0. The van der Waals surface area contributed by atoms with Crippen molar-refractivity contribution in [3.05, 3.63) is 68.7 Å². The molecule has 2 aromatic rings. The van der Waals surface area contributed by atoms with Crippen molar-refractivity contribution in [1.29, 1.82) is 0 Å². The molecule has 0 bridgehead atoms. The average molecular weight is 503 g/mol. The van der Waals surface area contributed by atoms with Crippen LogP contribution < -0.4 is 10.7 Å². The van der Waals surface area contributed by atoms with Crippen LogP contribution in [0.4, 0.5) is 18.0 Å². The van der Waals surface area contributed by atoms with Crippen LogP contribution in [0.3, 0.4) is 0 Å². The number of urea groups is 1. The van der Waals surface area contributed by atoms with Crippen LogP contribution in [0, 0.1) is 6.92 Å². The molecule has 0 aromatic heterocycles. The van der Waals surface area contributed by atoms with Gasteiger partial charge in [-0.2, -0.15) is 18.3 Å². The second-order valence-corrected chi connectivity index (χ2v) is 9.02. The van der Waals surface area contributed by atoms with Crippen LogP contribution in [0.5, 0.6) is 0 Å². The summed E-state index contributed by atoms with van der Waals surface area (Å²) >= 11 is 12.4. The van der Waals surface area contributed by atoms with Crippen LogP contribution >= 0.6 is 35.1 Å². The Hall–Kier alpha value is -2.23. The number of amides is 2. The maximum Gasteiger partial charge on any atom is 0.409 e. The van der Waals surface area contributed by atoms with Crippen LogP contribution in [-0.2, 0) is 4.75 Å². The largest absolute Gasteiger partial charge is 0.409 e. The van der Waals surface area contributed by atoms with Crippen LogP contribution in [0.1, 0.15) is 35.6 Å². The van der Waals surface area contributed by atoms with Crippen LogP contribution in [0.15, 0.2) is 45.9 Å². The first-order chi connectivity index (χ1) is 15.1. The molecule has 2 aromatic carbocycles. The van der Waals surface area contributed by atoms with E-state index in [-0.39, 0.29) is 22.0 Å². The highest BCUT2D eigenvalue weighted by Crippen LogP contribution is 2.57. The second kappa shape index (κ2) is 9.72. The highest BCUT2D eigenvalue weighted by Gasteiger charge is 2.60. The van der Waals surface area contributed by atoms with Gasteiger partial charge in [0.1, 0.15) is 0 Å². The third-order valence-corrected chi connectivity index (χ3v) is 6.50. The summed E-state index contributed by atoms with van der Waals surface area (Å²) in [6.45, 7) is 4.05. The molecule has 2 amide bonds. The van der Waals surface area contributed by atoms with Gasteiger partial charge in [0.2, 0.25) is 0 Å². The van der Waals surface area contributed by atoms with Crippen LogP contribution in [0.25, 0.3) is 0 Å². The molecule has 3 rings (SSSR count). The van der Waals surface area contributed by atoms with E-state index in [0.29, 0.717) is 35.3 Å². The fraction of sp³-hybridized carbons (Fsp3) is 0.286. The Kier molecular flexibility index (Phi) is 7.42. The molecule has 1 aliphatic rings. The first-order valence-electron chi connectivity index (χ1n) is 9.52. The molecule has 1 unspecified atom stereocenters. The monoisotopic (exact) mass is 502 g/mol. The van der Waals surface area contributed by atoms with Gasteiger partial charge in [0.15, 0.2) is 4.75 Å². The number of aryl methyl sites for hydroxylation is 1. The Morgan fingerprint density at radius 1 is 1.25 bits per heavy atom. The predicted octanol–water partition coefficient (Wildman–Crippen LogP) is 6.25. The molecule has 0 saturated carbocycles. The molecular formula is C21H19Cl2F3N4OS. The summed E-state index contributed by atoms with van der Waals surface area (Å²) in [6, 6.07) is 8.65. The van der Waals surface area contributed by atoms with E-state index in [9.17, 15) is 18.0 Å². The number of nitrogens with one attached hydrogen (secondary N) is 2. The van der Waals surface area contributed by atoms with Crippen molar-refractivity contribution < 1.29 is 18.0 Å². The number of rotatable bonds is 5. The molecule has 11 heteroatoms. The van der Waals surface area contributed by atoms with Gasteiger partial charge in [-0.25, -0.2) is 14.6 Å². The quantitative estimate of drug-likeness (QED) is 0.288. The normalized spacial score (nSPS) is 18.7. The topological polar surface area (TPSA) is 65.8 Å². The summed E-state index contributed by atoms with van der Waals surface area (Å²) in [4.78, 5) is 11.4. The molecule has 1 atom stereocenters. The Bertz CT molecular complexity index is 1070. The smallest absolute Gasteiger partial charge is 0.337 e. The van der Waals surface area contributed by atoms with E-state index >= 15 is 0 Å². The number of halogens is 5. The lowest BCUT2D eigenvalue weighted by Crippen LogP contribution is -2.38. The van der Waals surface area contributed by atoms with Crippen molar-refractivity contribution in [1.82, 2.24) is 10.7 Å². The Morgan fingerprint density at radius 2 is 1.94 bits per heavy atom. The maximum atomic E-state index is 14.2. The molecule has 0 fully saturated rings. The number of alkyl halides is 3. The summed E-state index contributed by atoms with van der Waals surface area (Å²) in [5.74, 6) is 0. The van der Waals surface area contributed by atoms with Crippen molar-refractivity contribution in [3.8, 4) is 0 Å². The minimum Gasteiger partial charge on any atom is -0.337 e. The van der Waals surface area contributed by atoms with Gasteiger partial charge < -0.3 is 5.32 Å². The Balaban J connectivity index is 1.84. The van der Waals surface area contributed by atoms with Crippen molar-refractivity contribution >= 4 is 53.1 Å². The summed E-state index contributed by atoms with van der Waals surface area (Å²) in [5.41, 5.74) is 4.66. The SMILES string of the molecule is CCNC(=O)N/N=C/c1ccc(C2=NSC(c3cc(Cl)cc(Cl)c3)(C(F)(F)F)C2)cc1C. The molecule has 1 aliphatic heterocycles. The molecule has 32 heavy (non-hydrogen) atoms. The van der Waals surface area contributed by atoms with Gasteiger partial charge in [-0.15, -0.1) is 0 Å². The molecule has 1 heterocycles. The maximum absolute atomic E-state index is 14.2. The molecular weight excluding hydrogens is 484 g/mol. The van der Waals surface area contributed by atoms with Gasteiger partial charge in [-0.05, 0) is 72.3 Å². The van der Waals surface area contributed by atoms with Gasteiger partial charge in [0.05, 0.1) is 11.9 Å². The van der Waals surface area contributed by atoms with Crippen LogP contribution in [0.2, 0.25) is 10.0 Å². The number of carbonyl (C=O) groups is 1. The summed E-state index contributed by atoms with van der Waals surface area (Å²) in [7, 11) is 0. The number of nitrogens with zero attached hydrogens (tertiary/aromatic N) is 2. The molecule has 5 nitrogen and oxygen atoms in total. The Labute approximate surface area is 197 Å². The first kappa shape index (κ1) is 24.4. The van der Waals surface area contributed by atoms with E-state index in [1.807, 2.05) is 0 Å². The van der Waals surface area contributed by atoms with Crippen molar-refractivity contribution in [2.45, 2.75) is 31.2 Å². The van der Waals surface area contributed by atoms with E-state index in [0.717, 1.165) is 5.56 Å². The van der Waals surface area contributed by atoms with Gasteiger partial charge in [0.25, 0.3) is 0 Å². The zero-order chi connectivity index (χ0) is 23.5. The van der Waals surface area contributed by atoms with Crippen molar-refractivity contribution in [3.63, 3.8) is 0 Å². The van der Waals surface area contributed by atoms with Crippen LogP contribution in [-0.4, -0.2) is 30.7 Å². The van der Waals surface area contributed by atoms with E-state index in [2.05, 4.69) is 20.2 Å². The molecule has 0 aliphatic carbocycles. The molecule has 0 spiro atoms. The van der Waals surface area contributed by atoms with Gasteiger partial charge in [-0.3, -0.25) is 0 Å². The molecule has 0 radical (unpaired) electrons. The predicted molar refractivity (Wildman–Crippen MR) is 124 cm³/mol. The van der Waals surface area contributed by atoms with Gasteiger partial charge in [0, 0.05) is 23.0 Å². The second-order valence-electron chi connectivity index (χ2n) is 7.09. The van der Waals surface area contributed by atoms with E-state index in [1.165, 1.54) is 24.4 Å². The molecule has 170 valence electrons. The summed E-state index contributed by atoms with van der Waals surface area (Å²) in [5, 5.41) is 6.67. The van der Waals surface area contributed by atoms with E-state index < -0.39 is 17.0 Å². The highest BCUT2D eigenvalue weighted by atomic mass is 35.5. The Morgan fingerprint density at radius 3 is 2.53 bits per heavy atom.